The van der Waals surface area contributed by atoms with Crippen LogP contribution in [-0.4, -0.2) is 11.8 Å². The van der Waals surface area contributed by atoms with Crippen molar-refractivity contribution in [2.24, 2.45) is 0 Å². The molecule has 6 heteroatoms. The molecule has 1 aliphatic heterocycles. The highest BCUT2D eigenvalue weighted by Crippen LogP contribution is 2.36. The third-order valence-electron chi connectivity index (χ3n) is 2.30. The molecule has 0 saturated carbocycles. The fourth-order valence-electron chi connectivity index (χ4n) is 1.51. The highest BCUT2D eigenvalue weighted by atomic mass is 32.2. The standard InChI is InChI=1S/C11H10N2O2S2/c12-11-13-7(5-17-11)4-16-8-1-2-9-10(3-8)15-6-14-9/h1-3,5H,4,6H2,(H2,12,13). The highest BCUT2D eigenvalue weighted by molar-refractivity contribution is 7.98. The van der Waals surface area contributed by atoms with Crippen LogP contribution in [0.3, 0.4) is 0 Å². The summed E-state index contributed by atoms with van der Waals surface area (Å²) in [7, 11) is 0. The van der Waals surface area contributed by atoms with Crippen LogP contribution in [0.1, 0.15) is 5.69 Å². The fraction of sp³-hybridized carbons (Fsp3) is 0.182. The Kier molecular flexibility index (Phi) is 2.82. The summed E-state index contributed by atoms with van der Waals surface area (Å²) < 4.78 is 10.6. The molecule has 0 amide bonds. The van der Waals surface area contributed by atoms with E-state index in [4.69, 9.17) is 15.2 Å². The number of hydrogen-bond donors (Lipinski definition) is 1. The first-order valence-corrected chi connectivity index (χ1v) is 6.90. The number of ether oxygens (including phenoxy) is 2. The second kappa shape index (κ2) is 4.46. The van der Waals surface area contributed by atoms with E-state index in [9.17, 15) is 0 Å². The third kappa shape index (κ3) is 2.32. The third-order valence-corrected chi connectivity index (χ3v) is 4.05. The van der Waals surface area contributed by atoms with Gasteiger partial charge in [-0.3, -0.25) is 0 Å². The zero-order valence-electron chi connectivity index (χ0n) is 8.88. The summed E-state index contributed by atoms with van der Waals surface area (Å²) in [5.74, 6) is 2.44. The van der Waals surface area contributed by atoms with Crippen LogP contribution in [0.15, 0.2) is 28.5 Å². The smallest absolute Gasteiger partial charge is 0.231 e. The Labute approximate surface area is 107 Å². The van der Waals surface area contributed by atoms with Gasteiger partial charge in [-0.2, -0.15) is 0 Å². The van der Waals surface area contributed by atoms with E-state index >= 15 is 0 Å². The van der Waals surface area contributed by atoms with Crippen molar-refractivity contribution in [1.29, 1.82) is 0 Å². The minimum atomic E-state index is 0.312. The summed E-state index contributed by atoms with van der Waals surface area (Å²) in [4.78, 5) is 5.36. The Morgan fingerprint density at radius 2 is 2.24 bits per heavy atom. The summed E-state index contributed by atoms with van der Waals surface area (Å²) in [5, 5.41) is 2.60. The SMILES string of the molecule is Nc1nc(CSc2ccc3c(c2)OCO3)cs1. The van der Waals surface area contributed by atoms with Gasteiger partial charge in [-0.05, 0) is 18.2 Å². The molecule has 1 aromatic carbocycles. The fourth-order valence-corrected chi connectivity index (χ4v) is 3.00. The number of aromatic nitrogens is 1. The summed E-state index contributed by atoms with van der Waals surface area (Å²) in [5.41, 5.74) is 6.59. The van der Waals surface area contributed by atoms with Gasteiger partial charge < -0.3 is 15.2 Å². The van der Waals surface area contributed by atoms with E-state index < -0.39 is 0 Å². The first-order chi connectivity index (χ1) is 8.31. The molecule has 2 heterocycles. The molecule has 0 bridgehead atoms. The summed E-state index contributed by atoms with van der Waals surface area (Å²) >= 11 is 3.17. The van der Waals surface area contributed by atoms with Gasteiger partial charge in [-0.15, -0.1) is 23.1 Å². The number of rotatable bonds is 3. The molecular weight excluding hydrogens is 256 g/mol. The molecule has 2 N–H and O–H groups in total. The van der Waals surface area contributed by atoms with Crippen molar-refractivity contribution in [2.75, 3.05) is 12.5 Å². The van der Waals surface area contributed by atoms with Crippen LogP contribution in [0, 0.1) is 0 Å². The Balaban J connectivity index is 1.69. The van der Waals surface area contributed by atoms with Crippen molar-refractivity contribution >= 4 is 28.2 Å². The van der Waals surface area contributed by atoms with E-state index in [0.717, 1.165) is 27.8 Å². The van der Waals surface area contributed by atoms with E-state index in [1.807, 2.05) is 23.6 Å². The van der Waals surface area contributed by atoms with Crippen molar-refractivity contribution < 1.29 is 9.47 Å². The highest BCUT2D eigenvalue weighted by Gasteiger charge is 2.13. The lowest BCUT2D eigenvalue weighted by Crippen LogP contribution is -1.92. The summed E-state index contributed by atoms with van der Waals surface area (Å²) in [6.45, 7) is 0.312. The lowest BCUT2D eigenvalue weighted by Gasteiger charge is -2.01. The Bertz CT molecular complexity index is 542. The maximum absolute atomic E-state index is 5.58. The molecule has 3 rings (SSSR count). The molecular formula is C11H10N2O2S2. The van der Waals surface area contributed by atoms with Crippen LogP contribution in [0.25, 0.3) is 0 Å². The summed E-state index contributed by atoms with van der Waals surface area (Å²) in [6, 6.07) is 5.94. The van der Waals surface area contributed by atoms with Gasteiger partial charge >= 0.3 is 0 Å². The first kappa shape index (κ1) is 10.7. The average Bonchev–Trinajstić information content (AvgIpc) is 2.94. The van der Waals surface area contributed by atoms with Gasteiger partial charge in [0.25, 0.3) is 0 Å². The maximum Gasteiger partial charge on any atom is 0.231 e. The van der Waals surface area contributed by atoms with Gasteiger partial charge in [0.05, 0.1) is 5.69 Å². The molecule has 0 saturated heterocycles. The molecule has 1 aromatic heterocycles. The number of nitrogens with two attached hydrogens (primary N) is 1. The number of nitrogen functional groups attached to an aromatic ring is 1. The topological polar surface area (TPSA) is 57.4 Å². The summed E-state index contributed by atoms with van der Waals surface area (Å²) in [6.07, 6.45) is 0. The first-order valence-electron chi connectivity index (χ1n) is 5.03. The van der Waals surface area contributed by atoms with Crippen molar-refractivity contribution in [3.8, 4) is 11.5 Å². The number of nitrogens with zero attached hydrogens (tertiary/aromatic N) is 1. The molecule has 88 valence electrons. The predicted octanol–water partition coefficient (Wildman–Crippen LogP) is 2.75. The maximum atomic E-state index is 5.58. The number of thioether (sulfide) groups is 1. The zero-order valence-corrected chi connectivity index (χ0v) is 10.5. The van der Waals surface area contributed by atoms with Crippen LogP contribution in [0.4, 0.5) is 5.13 Å². The Morgan fingerprint density at radius 3 is 3.06 bits per heavy atom. The molecule has 0 atom stereocenters. The van der Waals surface area contributed by atoms with Crippen LogP contribution >= 0.6 is 23.1 Å². The van der Waals surface area contributed by atoms with Gasteiger partial charge in [0, 0.05) is 16.0 Å². The van der Waals surface area contributed by atoms with Crippen molar-refractivity contribution in [3.63, 3.8) is 0 Å². The number of benzene rings is 1. The van der Waals surface area contributed by atoms with Crippen molar-refractivity contribution in [1.82, 2.24) is 4.98 Å². The van der Waals surface area contributed by atoms with Crippen LogP contribution in [0.2, 0.25) is 0 Å². The minimum absolute atomic E-state index is 0.312. The van der Waals surface area contributed by atoms with Crippen LogP contribution < -0.4 is 15.2 Å². The minimum Gasteiger partial charge on any atom is -0.454 e. The number of anilines is 1. The second-order valence-corrected chi connectivity index (χ2v) is 5.42. The van der Waals surface area contributed by atoms with E-state index in [1.165, 1.54) is 11.3 Å². The van der Waals surface area contributed by atoms with E-state index in [2.05, 4.69) is 4.98 Å². The van der Waals surface area contributed by atoms with Gasteiger partial charge in [0.15, 0.2) is 16.6 Å². The number of thiazole rings is 1. The van der Waals surface area contributed by atoms with Crippen LogP contribution in [-0.2, 0) is 5.75 Å². The van der Waals surface area contributed by atoms with E-state index in [-0.39, 0.29) is 0 Å². The number of fused-ring (bicyclic) bond motifs is 1. The van der Waals surface area contributed by atoms with Gasteiger partial charge in [-0.25, -0.2) is 4.98 Å². The van der Waals surface area contributed by atoms with Gasteiger partial charge in [-0.1, -0.05) is 0 Å². The number of hydrogen-bond acceptors (Lipinski definition) is 6. The molecule has 1 aliphatic rings. The monoisotopic (exact) mass is 266 g/mol. The van der Waals surface area contributed by atoms with Crippen LogP contribution in [0.5, 0.6) is 11.5 Å². The van der Waals surface area contributed by atoms with Gasteiger partial charge in [0.2, 0.25) is 6.79 Å². The molecule has 2 aromatic rings. The van der Waals surface area contributed by atoms with Crippen molar-refractivity contribution in [3.05, 3.63) is 29.3 Å². The molecule has 0 unspecified atom stereocenters. The quantitative estimate of drug-likeness (QED) is 0.866. The Morgan fingerprint density at radius 1 is 1.35 bits per heavy atom. The zero-order chi connectivity index (χ0) is 11.7. The predicted molar refractivity (Wildman–Crippen MR) is 68.7 cm³/mol. The molecule has 17 heavy (non-hydrogen) atoms. The lowest BCUT2D eigenvalue weighted by molar-refractivity contribution is 0.174. The lowest BCUT2D eigenvalue weighted by atomic mass is 10.3. The molecule has 0 spiro atoms. The second-order valence-electron chi connectivity index (χ2n) is 3.48. The average molecular weight is 266 g/mol. The normalized spacial score (nSPS) is 12.9. The molecule has 4 nitrogen and oxygen atoms in total. The van der Waals surface area contributed by atoms with E-state index in [0.29, 0.717) is 11.9 Å². The molecule has 0 fully saturated rings. The Hall–Kier alpha value is -1.40. The largest absolute Gasteiger partial charge is 0.454 e. The van der Waals surface area contributed by atoms with Crippen molar-refractivity contribution in [2.45, 2.75) is 10.6 Å². The van der Waals surface area contributed by atoms with E-state index in [1.54, 1.807) is 11.8 Å². The molecule has 0 aliphatic carbocycles. The van der Waals surface area contributed by atoms with Gasteiger partial charge in [0.1, 0.15) is 0 Å². The molecule has 0 radical (unpaired) electrons.